The van der Waals surface area contributed by atoms with Crippen molar-refractivity contribution in [2.75, 3.05) is 24.5 Å². The zero-order chi connectivity index (χ0) is 16.6. The third-order valence-electron chi connectivity index (χ3n) is 5.10. The van der Waals surface area contributed by atoms with Gasteiger partial charge in [0.25, 0.3) is 0 Å². The third-order valence-corrected chi connectivity index (χ3v) is 5.10. The number of amides is 2. The van der Waals surface area contributed by atoms with E-state index in [0.29, 0.717) is 18.9 Å². The van der Waals surface area contributed by atoms with Crippen LogP contribution < -0.4 is 4.90 Å². The molecule has 2 aliphatic heterocycles. The lowest BCUT2D eigenvalue weighted by Gasteiger charge is -2.32. The van der Waals surface area contributed by atoms with E-state index < -0.39 is 0 Å². The SMILES string of the molecule is Cc1ccc(C)c(N2C[C@H](C(=O)N3CCC[C@H](C)C3)CC2=O)c1. The summed E-state index contributed by atoms with van der Waals surface area (Å²) in [6, 6.07) is 6.14. The van der Waals surface area contributed by atoms with Gasteiger partial charge in [0, 0.05) is 31.7 Å². The fourth-order valence-corrected chi connectivity index (χ4v) is 3.76. The van der Waals surface area contributed by atoms with Gasteiger partial charge < -0.3 is 9.80 Å². The highest BCUT2D eigenvalue weighted by atomic mass is 16.2. The fourth-order valence-electron chi connectivity index (χ4n) is 3.76. The van der Waals surface area contributed by atoms with Crippen LogP contribution in [-0.4, -0.2) is 36.3 Å². The van der Waals surface area contributed by atoms with E-state index in [2.05, 4.69) is 13.0 Å². The summed E-state index contributed by atoms with van der Waals surface area (Å²) in [5.41, 5.74) is 3.18. The predicted octanol–water partition coefficient (Wildman–Crippen LogP) is 2.91. The number of aryl methyl sites for hydroxylation is 2. The topological polar surface area (TPSA) is 40.6 Å². The van der Waals surface area contributed by atoms with Crippen LogP contribution in [0.15, 0.2) is 18.2 Å². The minimum Gasteiger partial charge on any atom is -0.342 e. The third kappa shape index (κ3) is 3.26. The molecule has 4 nitrogen and oxygen atoms in total. The maximum absolute atomic E-state index is 12.8. The van der Waals surface area contributed by atoms with Gasteiger partial charge in [-0.15, -0.1) is 0 Å². The molecule has 0 N–H and O–H groups in total. The van der Waals surface area contributed by atoms with Crippen LogP contribution >= 0.6 is 0 Å². The van der Waals surface area contributed by atoms with Crippen molar-refractivity contribution in [1.29, 1.82) is 0 Å². The Bertz CT molecular complexity index is 626. The molecule has 124 valence electrons. The van der Waals surface area contributed by atoms with E-state index >= 15 is 0 Å². The zero-order valence-corrected chi connectivity index (χ0v) is 14.3. The minimum atomic E-state index is -0.187. The Labute approximate surface area is 138 Å². The average molecular weight is 314 g/mol. The molecule has 3 rings (SSSR count). The number of benzene rings is 1. The van der Waals surface area contributed by atoms with E-state index in [1.54, 1.807) is 4.90 Å². The van der Waals surface area contributed by atoms with Crippen molar-refractivity contribution < 1.29 is 9.59 Å². The van der Waals surface area contributed by atoms with Gasteiger partial charge in [-0.3, -0.25) is 9.59 Å². The maximum atomic E-state index is 12.8. The molecule has 0 unspecified atom stereocenters. The lowest BCUT2D eigenvalue weighted by Crippen LogP contribution is -2.43. The molecule has 1 aromatic rings. The number of nitrogens with zero attached hydrogens (tertiary/aromatic N) is 2. The van der Waals surface area contributed by atoms with E-state index in [-0.39, 0.29) is 17.7 Å². The van der Waals surface area contributed by atoms with Crippen LogP contribution in [0.5, 0.6) is 0 Å². The molecular formula is C19H26N2O2. The van der Waals surface area contributed by atoms with Crippen LogP contribution in [0.2, 0.25) is 0 Å². The fraction of sp³-hybridized carbons (Fsp3) is 0.579. The van der Waals surface area contributed by atoms with Crippen molar-refractivity contribution in [2.24, 2.45) is 11.8 Å². The van der Waals surface area contributed by atoms with Gasteiger partial charge in [-0.25, -0.2) is 0 Å². The molecular weight excluding hydrogens is 288 g/mol. The minimum absolute atomic E-state index is 0.0714. The Morgan fingerprint density at radius 2 is 2.00 bits per heavy atom. The van der Waals surface area contributed by atoms with Crippen LogP contribution in [0, 0.1) is 25.7 Å². The van der Waals surface area contributed by atoms with Gasteiger partial charge in [-0.1, -0.05) is 19.1 Å². The van der Waals surface area contributed by atoms with Crippen molar-refractivity contribution in [1.82, 2.24) is 4.90 Å². The molecule has 2 fully saturated rings. The number of carbonyl (C=O) groups is 2. The van der Waals surface area contributed by atoms with Crippen LogP contribution in [-0.2, 0) is 9.59 Å². The van der Waals surface area contributed by atoms with Crippen molar-refractivity contribution in [3.05, 3.63) is 29.3 Å². The smallest absolute Gasteiger partial charge is 0.228 e. The molecule has 0 aromatic heterocycles. The van der Waals surface area contributed by atoms with Crippen molar-refractivity contribution in [3.8, 4) is 0 Å². The first kappa shape index (κ1) is 16.0. The Morgan fingerprint density at radius 3 is 2.74 bits per heavy atom. The molecule has 23 heavy (non-hydrogen) atoms. The molecule has 2 aliphatic rings. The second-order valence-electron chi connectivity index (χ2n) is 7.23. The van der Waals surface area contributed by atoms with Crippen LogP contribution in [0.1, 0.15) is 37.3 Å². The van der Waals surface area contributed by atoms with E-state index in [1.807, 2.05) is 30.9 Å². The molecule has 0 saturated carbocycles. The first-order valence-electron chi connectivity index (χ1n) is 8.62. The molecule has 0 spiro atoms. The Balaban J connectivity index is 1.74. The monoisotopic (exact) mass is 314 g/mol. The van der Waals surface area contributed by atoms with Gasteiger partial charge in [0.15, 0.2) is 0 Å². The highest BCUT2D eigenvalue weighted by molar-refractivity contribution is 6.00. The number of rotatable bonds is 2. The van der Waals surface area contributed by atoms with E-state index in [0.717, 1.165) is 36.3 Å². The maximum Gasteiger partial charge on any atom is 0.228 e. The van der Waals surface area contributed by atoms with Gasteiger partial charge in [0.2, 0.25) is 11.8 Å². The summed E-state index contributed by atoms with van der Waals surface area (Å²) in [5, 5.41) is 0. The molecule has 2 heterocycles. The van der Waals surface area contributed by atoms with Crippen molar-refractivity contribution >= 4 is 17.5 Å². The summed E-state index contributed by atoms with van der Waals surface area (Å²) in [7, 11) is 0. The lowest BCUT2D eigenvalue weighted by molar-refractivity contribution is -0.137. The lowest BCUT2D eigenvalue weighted by atomic mass is 9.98. The summed E-state index contributed by atoms with van der Waals surface area (Å²) in [5.74, 6) is 0.618. The number of hydrogen-bond donors (Lipinski definition) is 0. The van der Waals surface area contributed by atoms with Crippen LogP contribution in [0.4, 0.5) is 5.69 Å². The molecule has 0 aliphatic carbocycles. The molecule has 4 heteroatoms. The normalized spacial score (nSPS) is 25.1. The summed E-state index contributed by atoms with van der Waals surface area (Å²) in [4.78, 5) is 29.0. The standard InChI is InChI=1S/C19H26N2O2/c1-13-6-7-15(3)17(9-13)21-12-16(10-18(21)22)19(23)20-8-4-5-14(2)11-20/h6-7,9,14,16H,4-5,8,10-12H2,1-3H3/t14-,16+/m0/s1. The second-order valence-corrected chi connectivity index (χ2v) is 7.23. The first-order valence-corrected chi connectivity index (χ1v) is 8.62. The van der Waals surface area contributed by atoms with Gasteiger partial charge in [0.1, 0.15) is 0 Å². The first-order chi connectivity index (χ1) is 11.0. The van der Waals surface area contributed by atoms with Gasteiger partial charge in [0.05, 0.1) is 5.92 Å². The largest absolute Gasteiger partial charge is 0.342 e. The number of anilines is 1. The zero-order valence-electron chi connectivity index (χ0n) is 14.3. The summed E-state index contributed by atoms with van der Waals surface area (Å²) < 4.78 is 0. The summed E-state index contributed by atoms with van der Waals surface area (Å²) >= 11 is 0. The second kappa shape index (κ2) is 6.34. The Morgan fingerprint density at radius 1 is 1.22 bits per heavy atom. The Kier molecular flexibility index (Phi) is 4.42. The van der Waals surface area contributed by atoms with Crippen LogP contribution in [0.25, 0.3) is 0 Å². The number of carbonyl (C=O) groups excluding carboxylic acids is 2. The van der Waals surface area contributed by atoms with E-state index in [4.69, 9.17) is 0 Å². The number of piperidine rings is 1. The van der Waals surface area contributed by atoms with Gasteiger partial charge in [-0.2, -0.15) is 0 Å². The quantitative estimate of drug-likeness (QED) is 0.842. The van der Waals surface area contributed by atoms with Crippen molar-refractivity contribution in [2.45, 2.75) is 40.0 Å². The highest BCUT2D eigenvalue weighted by Gasteiger charge is 2.38. The van der Waals surface area contributed by atoms with Crippen LogP contribution in [0.3, 0.4) is 0 Å². The number of hydrogen-bond acceptors (Lipinski definition) is 2. The number of likely N-dealkylation sites (tertiary alicyclic amines) is 1. The predicted molar refractivity (Wildman–Crippen MR) is 91.4 cm³/mol. The molecule has 2 saturated heterocycles. The summed E-state index contributed by atoms with van der Waals surface area (Å²) in [6.07, 6.45) is 2.62. The molecule has 2 amide bonds. The summed E-state index contributed by atoms with van der Waals surface area (Å²) in [6.45, 7) is 8.45. The van der Waals surface area contributed by atoms with Crippen molar-refractivity contribution in [3.63, 3.8) is 0 Å². The van der Waals surface area contributed by atoms with E-state index in [1.165, 1.54) is 6.42 Å². The van der Waals surface area contributed by atoms with Gasteiger partial charge >= 0.3 is 0 Å². The molecule has 1 aromatic carbocycles. The highest BCUT2D eigenvalue weighted by Crippen LogP contribution is 2.30. The van der Waals surface area contributed by atoms with E-state index in [9.17, 15) is 9.59 Å². The molecule has 0 bridgehead atoms. The van der Waals surface area contributed by atoms with Gasteiger partial charge in [-0.05, 0) is 49.8 Å². The molecule has 2 atom stereocenters. The average Bonchev–Trinajstić information content (AvgIpc) is 2.90. The molecule has 0 radical (unpaired) electrons. The Hall–Kier alpha value is -1.84.